The Balaban J connectivity index is 1.55. The number of rotatable bonds is 10. The summed E-state index contributed by atoms with van der Waals surface area (Å²) in [6.45, 7) is 8.30. The van der Waals surface area contributed by atoms with Gasteiger partial charge in [-0.1, -0.05) is 53.7 Å². The van der Waals surface area contributed by atoms with Crippen LogP contribution in [0.1, 0.15) is 21.5 Å². The molecule has 0 unspecified atom stereocenters. The minimum atomic E-state index is -0.501. The fourth-order valence-electron chi connectivity index (χ4n) is 3.94. The molecule has 0 atom stereocenters. The van der Waals surface area contributed by atoms with Crippen LogP contribution in [0.4, 0.5) is 5.00 Å². The van der Waals surface area contributed by atoms with Gasteiger partial charge >= 0.3 is 5.97 Å². The van der Waals surface area contributed by atoms with Crippen LogP contribution in [0.15, 0.2) is 65.7 Å². The number of aromatic nitrogens is 3. The van der Waals surface area contributed by atoms with Crippen molar-refractivity contribution in [3.8, 4) is 28.3 Å². The summed E-state index contributed by atoms with van der Waals surface area (Å²) in [5.74, 6) is 0.660. The molecule has 0 aliphatic rings. The molecule has 0 fully saturated rings. The Morgan fingerprint density at radius 3 is 2.68 bits per heavy atom. The molecular formula is C28H28N4O4S2. The summed E-state index contributed by atoms with van der Waals surface area (Å²) < 4.78 is 12.3. The number of methoxy groups -OCH3 is 2. The van der Waals surface area contributed by atoms with Crippen LogP contribution in [0.25, 0.3) is 22.5 Å². The van der Waals surface area contributed by atoms with Crippen molar-refractivity contribution in [3.05, 3.63) is 77.2 Å². The molecule has 0 saturated heterocycles. The number of carbonyl (C=O) groups is 2. The first kappa shape index (κ1) is 27.2. The van der Waals surface area contributed by atoms with Gasteiger partial charge in [-0.05, 0) is 37.1 Å². The molecular weight excluding hydrogens is 520 g/mol. The van der Waals surface area contributed by atoms with E-state index in [1.54, 1.807) is 13.2 Å². The number of nitrogens with zero attached hydrogens (tertiary/aromatic N) is 3. The van der Waals surface area contributed by atoms with Gasteiger partial charge in [0.25, 0.3) is 0 Å². The number of hydrogen-bond acceptors (Lipinski definition) is 8. The number of hydrogen-bond donors (Lipinski definition) is 1. The maximum Gasteiger partial charge on any atom is 0.341 e. The van der Waals surface area contributed by atoms with Gasteiger partial charge in [-0.25, -0.2) is 4.79 Å². The molecule has 0 radical (unpaired) electrons. The number of amides is 1. The molecule has 4 rings (SSSR count). The summed E-state index contributed by atoms with van der Waals surface area (Å²) in [5, 5.41) is 14.4. The van der Waals surface area contributed by atoms with Crippen molar-refractivity contribution in [2.24, 2.45) is 0 Å². The molecule has 0 aliphatic carbocycles. The zero-order valence-corrected chi connectivity index (χ0v) is 23.2. The molecule has 0 aliphatic heterocycles. The van der Waals surface area contributed by atoms with E-state index in [4.69, 9.17) is 9.47 Å². The van der Waals surface area contributed by atoms with E-state index in [0.717, 1.165) is 27.8 Å². The predicted molar refractivity (Wildman–Crippen MR) is 152 cm³/mol. The highest BCUT2D eigenvalue weighted by Gasteiger charge is 2.24. The normalized spacial score (nSPS) is 10.7. The van der Waals surface area contributed by atoms with E-state index in [9.17, 15) is 9.59 Å². The zero-order valence-electron chi connectivity index (χ0n) is 21.6. The van der Waals surface area contributed by atoms with Crippen molar-refractivity contribution in [3.63, 3.8) is 0 Å². The maximum absolute atomic E-state index is 13.0. The van der Waals surface area contributed by atoms with Crippen LogP contribution < -0.4 is 10.1 Å². The number of aryl methyl sites for hydroxylation is 2. The molecule has 2 heterocycles. The lowest BCUT2D eigenvalue weighted by Crippen LogP contribution is -2.16. The van der Waals surface area contributed by atoms with Crippen molar-refractivity contribution < 1.29 is 19.1 Å². The second kappa shape index (κ2) is 12.1. The summed E-state index contributed by atoms with van der Waals surface area (Å²) in [4.78, 5) is 25.7. The lowest BCUT2D eigenvalue weighted by molar-refractivity contribution is -0.113. The topological polar surface area (TPSA) is 95.3 Å². The van der Waals surface area contributed by atoms with E-state index in [0.29, 0.717) is 33.8 Å². The van der Waals surface area contributed by atoms with Gasteiger partial charge < -0.3 is 14.8 Å². The third kappa shape index (κ3) is 5.81. The number of benzene rings is 2. The molecule has 1 amide bonds. The smallest absolute Gasteiger partial charge is 0.341 e. The summed E-state index contributed by atoms with van der Waals surface area (Å²) >= 11 is 2.55. The first-order chi connectivity index (χ1) is 18.4. The van der Waals surface area contributed by atoms with Crippen molar-refractivity contribution in [1.82, 2.24) is 14.8 Å². The molecule has 10 heteroatoms. The van der Waals surface area contributed by atoms with Gasteiger partial charge in [0.1, 0.15) is 16.3 Å². The van der Waals surface area contributed by atoms with Crippen molar-refractivity contribution in [1.29, 1.82) is 0 Å². The van der Waals surface area contributed by atoms with Crippen molar-refractivity contribution >= 4 is 40.0 Å². The van der Waals surface area contributed by atoms with Crippen LogP contribution >= 0.6 is 23.1 Å². The largest absolute Gasteiger partial charge is 0.497 e. The van der Waals surface area contributed by atoms with Crippen molar-refractivity contribution in [2.75, 3.05) is 25.3 Å². The SMILES string of the molecule is C=CCn1c(SCC(=O)Nc2scc(-c3cc(C)ccc3C)c2C(=O)OC)nnc1-c1cccc(OC)c1. The molecule has 2 aromatic carbocycles. The highest BCUT2D eigenvalue weighted by atomic mass is 32.2. The van der Waals surface area contributed by atoms with Crippen LogP contribution in [-0.4, -0.2) is 46.6 Å². The number of thiophene rings is 1. The monoisotopic (exact) mass is 548 g/mol. The fourth-order valence-corrected chi connectivity index (χ4v) is 5.65. The number of allylic oxidation sites excluding steroid dienone is 1. The van der Waals surface area contributed by atoms with Crippen LogP contribution in [0, 0.1) is 13.8 Å². The van der Waals surface area contributed by atoms with Gasteiger partial charge in [-0.3, -0.25) is 9.36 Å². The lowest BCUT2D eigenvalue weighted by atomic mass is 9.97. The third-order valence-electron chi connectivity index (χ3n) is 5.81. The van der Waals surface area contributed by atoms with Crippen molar-refractivity contribution in [2.45, 2.75) is 25.5 Å². The molecule has 38 heavy (non-hydrogen) atoms. The van der Waals surface area contributed by atoms with E-state index in [2.05, 4.69) is 22.1 Å². The number of esters is 1. The number of nitrogens with one attached hydrogen (secondary N) is 1. The second-order valence-corrected chi connectivity index (χ2v) is 10.3. The average Bonchev–Trinajstić information content (AvgIpc) is 3.52. The van der Waals surface area contributed by atoms with E-state index >= 15 is 0 Å². The van der Waals surface area contributed by atoms with Crippen LogP contribution in [0.3, 0.4) is 0 Å². The molecule has 4 aromatic rings. The average molecular weight is 549 g/mol. The van der Waals surface area contributed by atoms with Crippen LogP contribution in [0.5, 0.6) is 5.75 Å². The Hall–Kier alpha value is -3.89. The fraction of sp³-hybridized carbons (Fsp3) is 0.214. The summed E-state index contributed by atoms with van der Waals surface area (Å²) in [6, 6.07) is 13.6. The quantitative estimate of drug-likeness (QED) is 0.147. The number of anilines is 1. The van der Waals surface area contributed by atoms with E-state index < -0.39 is 5.97 Å². The second-order valence-electron chi connectivity index (χ2n) is 8.44. The van der Waals surface area contributed by atoms with Gasteiger partial charge in [0.2, 0.25) is 5.91 Å². The Morgan fingerprint density at radius 1 is 1.13 bits per heavy atom. The van der Waals surface area contributed by atoms with Gasteiger partial charge in [0.15, 0.2) is 11.0 Å². The van der Waals surface area contributed by atoms with Gasteiger partial charge in [0.05, 0.1) is 20.0 Å². The number of carbonyl (C=O) groups excluding carboxylic acids is 2. The Labute approximate surface area is 229 Å². The van der Waals surface area contributed by atoms with Gasteiger partial charge in [-0.15, -0.1) is 28.1 Å². The summed E-state index contributed by atoms with van der Waals surface area (Å²) in [6.07, 6.45) is 1.75. The molecule has 0 saturated carbocycles. The Bertz CT molecular complexity index is 1490. The molecule has 8 nitrogen and oxygen atoms in total. The Morgan fingerprint density at radius 2 is 1.95 bits per heavy atom. The third-order valence-corrected chi connectivity index (χ3v) is 7.67. The molecule has 0 bridgehead atoms. The molecule has 0 spiro atoms. The highest BCUT2D eigenvalue weighted by Crippen LogP contribution is 2.38. The van der Waals surface area contributed by atoms with E-state index in [-0.39, 0.29) is 11.7 Å². The summed E-state index contributed by atoms with van der Waals surface area (Å²) in [7, 11) is 2.94. The first-order valence-corrected chi connectivity index (χ1v) is 13.6. The number of ether oxygens (including phenoxy) is 2. The highest BCUT2D eigenvalue weighted by molar-refractivity contribution is 7.99. The molecule has 196 valence electrons. The van der Waals surface area contributed by atoms with E-state index in [1.165, 1.54) is 30.2 Å². The lowest BCUT2D eigenvalue weighted by Gasteiger charge is -2.11. The van der Waals surface area contributed by atoms with Crippen LogP contribution in [0.2, 0.25) is 0 Å². The maximum atomic E-state index is 13.0. The Kier molecular flexibility index (Phi) is 8.65. The minimum absolute atomic E-state index is 0.0741. The zero-order chi connectivity index (χ0) is 27.2. The minimum Gasteiger partial charge on any atom is -0.497 e. The molecule has 2 aromatic heterocycles. The van der Waals surface area contributed by atoms with Gasteiger partial charge in [-0.2, -0.15) is 0 Å². The standard InChI is InChI=1S/C28H28N4O4S2/c1-6-12-32-25(19-8-7-9-20(14-19)35-4)30-31-28(32)38-16-23(33)29-26-24(27(34)36-5)22(15-37-26)21-13-17(2)10-11-18(21)3/h6-11,13-15H,1,12,16H2,2-5H3,(H,29,33). The van der Waals surface area contributed by atoms with E-state index in [1.807, 2.05) is 66.3 Å². The predicted octanol–water partition coefficient (Wildman–Crippen LogP) is 6.00. The first-order valence-electron chi connectivity index (χ1n) is 11.7. The molecule has 1 N–H and O–H groups in total. The van der Waals surface area contributed by atoms with Crippen LogP contribution in [-0.2, 0) is 16.1 Å². The van der Waals surface area contributed by atoms with Gasteiger partial charge in [0, 0.05) is 23.1 Å². The number of thioether (sulfide) groups is 1. The summed E-state index contributed by atoms with van der Waals surface area (Å²) in [5.41, 5.74) is 4.96.